The minimum Gasteiger partial charge on any atom is -0.292 e. The van der Waals surface area contributed by atoms with Crippen molar-refractivity contribution in [2.45, 2.75) is 19.1 Å². The van der Waals surface area contributed by atoms with Crippen LogP contribution in [-0.4, -0.2) is 9.55 Å². The highest BCUT2D eigenvalue weighted by Gasteiger charge is 2.31. The van der Waals surface area contributed by atoms with Crippen molar-refractivity contribution in [3.63, 3.8) is 0 Å². The van der Waals surface area contributed by atoms with E-state index >= 15 is 0 Å². The molecule has 0 bridgehead atoms. The summed E-state index contributed by atoms with van der Waals surface area (Å²) in [6.07, 6.45) is -2.24. The van der Waals surface area contributed by atoms with Crippen LogP contribution in [0.5, 0.6) is 0 Å². The van der Waals surface area contributed by atoms with Crippen molar-refractivity contribution in [2.24, 2.45) is 0 Å². The summed E-state index contributed by atoms with van der Waals surface area (Å²) in [5, 5.41) is 0.150. The standard InChI is InChI=1S/C19H11BrF4N2O/c20-14-8-10(1-4-15(14)21)7-11-5-6-26-17(11)25-16-9-12(19(22,23)24)2-3-13(16)18(26)27/h1-4,7-9H,5-6H2/b11-7+. The molecule has 0 spiro atoms. The fraction of sp³-hybridized carbons (Fsp3) is 0.158. The van der Waals surface area contributed by atoms with Crippen LogP contribution in [0.25, 0.3) is 22.6 Å². The summed E-state index contributed by atoms with van der Waals surface area (Å²) >= 11 is 3.12. The van der Waals surface area contributed by atoms with Crippen LogP contribution in [0.3, 0.4) is 0 Å². The van der Waals surface area contributed by atoms with Crippen LogP contribution >= 0.6 is 15.9 Å². The maximum absolute atomic E-state index is 13.4. The maximum atomic E-state index is 13.4. The van der Waals surface area contributed by atoms with Gasteiger partial charge in [0.25, 0.3) is 5.56 Å². The molecule has 3 nitrogen and oxygen atoms in total. The predicted octanol–water partition coefficient (Wildman–Crippen LogP) is 5.26. The van der Waals surface area contributed by atoms with E-state index < -0.39 is 17.6 Å². The Hall–Kier alpha value is -2.48. The molecule has 1 aliphatic heterocycles. The molecular weight excluding hydrogens is 428 g/mol. The Kier molecular flexibility index (Phi) is 4.18. The van der Waals surface area contributed by atoms with E-state index in [2.05, 4.69) is 20.9 Å². The van der Waals surface area contributed by atoms with E-state index in [0.717, 1.165) is 12.1 Å². The van der Waals surface area contributed by atoms with E-state index in [4.69, 9.17) is 0 Å². The van der Waals surface area contributed by atoms with Gasteiger partial charge < -0.3 is 0 Å². The summed E-state index contributed by atoms with van der Waals surface area (Å²) in [5.41, 5.74) is 0.203. The Labute approximate surface area is 159 Å². The van der Waals surface area contributed by atoms with Crippen molar-refractivity contribution in [1.29, 1.82) is 0 Å². The molecule has 4 rings (SSSR count). The van der Waals surface area contributed by atoms with Crippen LogP contribution in [0.4, 0.5) is 17.6 Å². The van der Waals surface area contributed by atoms with Gasteiger partial charge in [0.1, 0.15) is 11.6 Å². The van der Waals surface area contributed by atoms with Crippen LogP contribution < -0.4 is 5.56 Å². The van der Waals surface area contributed by atoms with Gasteiger partial charge in [0, 0.05) is 6.54 Å². The molecule has 2 heterocycles. The monoisotopic (exact) mass is 438 g/mol. The Bertz CT molecular complexity index is 1160. The molecule has 2 aromatic carbocycles. The highest BCUT2D eigenvalue weighted by molar-refractivity contribution is 9.10. The number of halogens is 5. The van der Waals surface area contributed by atoms with Crippen LogP contribution in [-0.2, 0) is 12.7 Å². The number of rotatable bonds is 1. The smallest absolute Gasteiger partial charge is 0.292 e. The SMILES string of the molecule is O=c1c2ccc(C(F)(F)F)cc2nc2n1CC/C2=C\c1ccc(F)c(Br)c1. The molecular formula is C19H11BrF4N2O. The van der Waals surface area contributed by atoms with Crippen molar-refractivity contribution in [3.8, 4) is 0 Å². The van der Waals surface area contributed by atoms with Crippen molar-refractivity contribution in [2.75, 3.05) is 0 Å². The molecule has 1 aromatic heterocycles. The lowest BCUT2D eigenvalue weighted by Crippen LogP contribution is -2.21. The quantitative estimate of drug-likeness (QED) is 0.485. The number of alkyl halides is 3. The molecule has 0 saturated carbocycles. The Morgan fingerprint density at radius 1 is 1.15 bits per heavy atom. The Balaban J connectivity index is 1.87. The molecule has 0 unspecified atom stereocenters. The number of hydrogen-bond donors (Lipinski definition) is 0. The first-order chi connectivity index (χ1) is 12.7. The number of allylic oxidation sites excluding steroid dienone is 1. The van der Waals surface area contributed by atoms with Gasteiger partial charge in [0.2, 0.25) is 0 Å². The average Bonchev–Trinajstić information content (AvgIpc) is 3.00. The molecule has 0 atom stereocenters. The number of benzene rings is 2. The summed E-state index contributed by atoms with van der Waals surface area (Å²) in [6.45, 7) is 0.395. The molecule has 0 N–H and O–H groups in total. The Morgan fingerprint density at radius 3 is 2.63 bits per heavy atom. The molecule has 0 fully saturated rings. The van der Waals surface area contributed by atoms with E-state index in [1.54, 1.807) is 18.2 Å². The molecule has 0 saturated heterocycles. The molecule has 8 heteroatoms. The van der Waals surface area contributed by atoms with Gasteiger partial charge in [-0.2, -0.15) is 13.2 Å². The fourth-order valence-electron chi connectivity index (χ4n) is 3.13. The van der Waals surface area contributed by atoms with Gasteiger partial charge in [-0.05, 0) is 69.9 Å². The topological polar surface area (TPSA) is 34.9 Å². The van der Waals surface area contributed by atoms with Crippen molar-refractivity contribution in [3.05, 3.63) is 74.0 Å². The molecule has 0 radical (unpaired) electrons. The normalized spacial score (nSPS) is 15.5. The van der Waals surface area contributed by atoms with Gasteiger partial charge >= 0.3 is 6.18 Å². The molecule has 138 valence electrons. The minimum absolute atomic E-state index is 0.00848. The number of hydrogen-bond acceptors (Lipinski definition) is 2. The van der Waals surface area contributed by atoms with Crippen LogP contribution in [0.2, 0.25) is 0 Å². The van der Waals surface area contributed by atoms with Crippen molar-refractivity contribution in [1.82, 2.24) is 9.55 Å². The second-order valence-electron chi connectivity index (χ2n) is 6.22. The summed E-state index contributed by atoms with van der Waals surface area (Å²) in [5.74, 6) is -0.0590. The van der Waals surface area contributed by atoms with Gasteiger partial charge in [0.15, 0.2) is 0 Å². The lowest BCUT2D eigenvalue weighted by atomic mass is 10.1. The van der Waals surface area contributed by atoms with Gasteiger partial charge in [-0.25, -0.2) is 9.37 Å². The van der Waals surface area contributed by atoms with Gasteiger partial charge in [-0.1, -0.05) is 6.07 Å². The average molecular weight is 439 g/mol. The number of aromatic nitrogens is 2. The van der Waals surface area contributed by atoms with E-state index in [0.29, 0.717) is 34.4 Å². The molecule has 3 aromatic rings. The third-order valence-electron chi connectivity index (χ3n) is 4.46. The van der Waals surface area contributed by atoms with Gasteiger partial charge in [-0.15, -0.1) is 0 Å². The largest absolute Gasteiger partial charge is 0.416 e. The van der Waals surface area contributed by atoms with E-state index in [9.17, 15) is 22.4 Å². The molecule has 27 heavy (non-hydrogen) atoms. The van der Waals surface area contributed by atoms with Crippen molar-refractivity contribution >= 4 is 38.5 Å². The number of fused-ring (bicyclic) bond motifs is 2. The van der Waals surface area contributed by atoms with Crippen LogP contribution in [0.15, 0.2) is 45.7 Å². The lowest BCUT2D eigenvalue weighted by molar-refractivity contribution is -0.137. The zero-order valence-corrected chi connectivity index (χ0v) is 15.2. The lowest BCUT2D eigenvalue weighted by Gasteiger charge is -2.09. The predicted molar refractivity (Wildman–Crippen MR) is 97.6 cm³/mol. The summed E-state index contributed by atoms with van der Waals surface area (Å²) in [4.78, 5) is 17.0. The third kappa shape index (κ3) is 3.18. The second-order valence-corrected chi connectivity index (χ2v) is 7.07. The van der Waals surface area contributed by atoms with Crippen molar-refractivity contribution < 1.29 is 17.6 Å². The third-order valence-corrected chi connectivity index (χ3v) is 5.07. The first kappa shape index (κ1) is 17.9. The van der Waals surface area contributed by atoms with E-state index in [1.165, 1.54) is 16.7 Å². The molecule has 0 aliphatic carbocycles. The first-order valence-electron chi connectivity index (χ1n) is 8.02. The van der Waals surface area contributed by atoms with Gasteiger partial charge in [-0.3, -0.25) is 9.36 Å². The maximum Gasteiger partial charge on any atom is 0.416 e. The summed E-state index contributed by atoms with van der Waals surface area (Å²) < 4.78 is 54.1. The zero-order chi connectivity index (χ0) is 19.3. The highest BCUT2D eigenvalue weighted by atomic mass is 79.9. The zero-order valence-electron chi connectivity index (χ0n) is 13.6. The highest BCUT2D eigenvalue weighted by Crippen LogP contribution is 2.32. The van der Waals surface area contributed by atoms with E-state index in [1.807, 2.05) is 0 Å². The minimum atomic E-state index is -4.51. The summed E-state index contributed by atoms with van der Waals surface area (Å²) in [7, 11) is 0. The summed E-state index contributed by atoms with van der Waals surface area (Å²) in [6, 6.07) is 7.42. The fourth-order valence-corrected chi connectivity index (χ4v) is 3.53. The number of nitrogens with zero attached hydrogens (tertiary/aromatic N) is 2. The van der Waals surface area contributed by atoms with Gasteiger partial charge in [0.05, 0.1) is 20.9 Å². The Morgan fingerprint density at radius 2 is 1.93 bits per heavy atom. The van der Waals surface area contributed by atoms with E-state index in [-0.39, 0.29) is 16.5 Å². The van der Waals surface area contributed by atoms with Crippen LogP contribution in [0.1, 0.15) is 23.4 Å². The van der Waals surface area contributed by atoms with Crippen LogP contribution in [0, 0.1) is 5.82 Å². The molecule has 0 amide bonds. The molecule has 1 aliphatic rings. The first-order valence-corrected chi connectivity index (χ1v) is 8.81. The second kappa shape index (κ2) is 6.30.